The molecule has 0 bridgehead atoms. The minimum absolute atomic E-state index is 0.0812. The van der Waals surface area contributed by atoms with Gasteiger partial charge in [-0.1, -0.05) is 0 Å². The lowest BCUT2D eigenvalue weighted by atomic mass is 10.1. The zero-order valence-corrected chi connectivity index (χ0v) is 11.9. The van der Waals surface area contributed by atoms with Crippen molar-refractivity contribution in [3.63, 3.8) is 0 Å². The smallest absolute Gasteiger partial charge is 0.221 e. The standard InChI is InChI=1S/C14H18N6O/c1-10(21)16-12-4-2-11(3-5-12)14-17-18-19-20(14)13-6-8-15-9-7-13/h2-5,13,15H,6-9H2,1H3,(H,16,21). The van der Waals surface area contributed by atoms with Gasteiger partial charge >= 0.3 is 0 Å². The van der Waals surface area contributed by atoms with Gasteiger partial charge in [-0.3, -0.25) is 4.79 Å². The zero-order chi connectivity index (χ0) is 14.7. The Kier molecular flexibility index (Phi) is 3.92. The van der Waals surface area contributed by atoms with E-state index in [0.29, 0.717) is 6.04 Å². The van der Waals surface area contributed by atoms with E-state index in [9.17, 15) is 4.79 Å². The fraction of sp³-hybridized carbons (Fsp3) is 0.429. The number of benzene rings is 1. The van der Waals surface area contributed by atoms with E-state index in [2.05, 4.69) is 26.2 Å². The largest absolute Gasteiger partial charge is 0.326 e. The maximum atomic E-state index is 11.0. The summed E-state index contributed by atoms with van der Waals surface area (Å²) in [5, 5.41) is 18.2. The van der Waals surface area contributed by atoms with E-state index in [4.69, 9.17) is 0 Å². The van der Waals surface area contributed by atoms with Gasteiger partial charge in [0.2, 0.25) is 5.91 Å². The third kappa shape index (κ3) is 3.08. The van der Waals surface area contributed by atoms with Crippen LogP contribution in [0, 0.1) is 0 Å². The zero-order valence-electron chi connectivity index (χ0n) is 11.9. The van der Waals surface area contributed by atoms with Crippen LogP contribution in [0.3, 0.4) is 0 Å². The number of amides is 1. The molecular formula is C14H18N6O. The van der Waals surface area contributed by atoms with Crippen LogP contribution >= 0.6 is 0 Å². The van der Waals surface area contributed by atoms with Gasteiger partial charge in [-0.25, -0.2) is 4.68 Å². The summed E-state index contributed by atoms with van der Waals surface area (Å²) in [6.07, 6.45) is 2.06. The molecule has 7 nitrogen and oxygen atoms in total. The van der Waals surface area contributed by atoms with Gasteiger partial charge < -0.3 is 10.6 Å². The van der Waals surface area contributed by atoms with Crippen molar-refractivity contribution in [2.75, 3.05) is 18.4 Å². The van der Waals surface area contributed by atoms with Gasteiger partial charge in [0.25, 0.3) is 0 Å². The predicted octanol–water partition coefficient (Wildman–Crippen LogP) is 1.22. The summed E-state index contributed by atoms with van der Waals surface area (Å²) < 4.78 is 1.91. The Labute approximate surface area is 122 Å². The lowest BCUT2D eigenvalue weighted by molar-refractivity contribution is -0.114. The van der Waals surface area contributed by atoms with E-state index in [1.54, 1.807) is 0 Å². The highest BCUT2D eigenvalue weighted by molar-refractivity contribution is 5.88. The molecule has 0 radical (unpaired) electrons. The van der Waals surface area contributed by atoms with Gasteiger partial charge in [-0.2, -0.15) is 0 Å². The summed E-state index contributed by atoms with van der Waals surface area (Å²) >= 11 is 0. The summed E-state index contributed by atoms with van der Waals surface area (Å²) in [5.41, 5.74) is 1.72. The highest BCUT2D eigenvalue weighted by Crippen LogP contribution is 2.25. The molecule has 3 rings (SSSR count). The Morgan fingerprint density at radius 3 is 2.67 bits per heavy atom. The van der Waals surface area contributed by atoms with Crippen molar-refractivity contribution in [3.8, 4) is 11.4 Å². The molecule has 21 heavy (non-hydrogen) atoms. The molecule has 1 aromatic heterocycles. The number of hydrogen-bond acceptors (Lipinski definition) is 5. The summed E-state index contributed by atoms with van der Waals surface area (Å²) in [6.45, 7) is 3.47. The minimum Gasteiger partial charge on any atom is -0.326 e. The van der Waals surface area contributed by atoms with Gasteiger partial charge in [0.15, 0.2) is 5.82 Å². The topological polar surface area (TPSA) is 84.7 Å². The number of anilines is 1. The fourth-order valence-corrected chi connectivity index (χ4v) is 2.59. The molecule has 1 aromatic carbocycles. The minimum atomic E-state index is -0.0812. The highest BCUT2D eigenvalue weighted by atomic mass is 16.1. The normalized spacial score (nSPS) is 15.9. The van der Waals surface area contributed by atoms with Gasteiger partial charge in [-0.15, -0.1) is 5.10 Å². The molecule has 2 heterocycles. The number of aromatic nitrogens is 4. The van der Waals surface area contributed by atoms with Crippen molar-refractivity contribution < 1.29 is 4.79 Å². The Bertz CT molecular complexity index is 615. The molecule has 0 atom stereocenters. The second-order valence-electron chi connectivity index (χ2n) is 5.19. The number of hydrogen-bond donors (Lipinski definition) is 2. The van der Waals surface area contributed by atoms with E-state index in [1.807, 2.05) is 28.9 Å². The number of carbonyl (C=O) groups excluding carboxylic acids is 1. The van der Waals surface area contributed by atoms with Crippen molar-refractivity contribution in [3.05, 3.63) is 24.3 Å². The molecular weight excluding hydrogens is 268 g/mol. The molecule has 7 heteroatoms. The average Bonchev–Trinajstić information content (AvgIpc) is 2.98. The molecule has 1 aliphatic heterocycles. The van der Waals surface area contributed by atoms with Crippen LogP contribution in [0.1, 0.15) is 25.8 Å². The molecule has 2 N–H and O–H groups in total. The average molecular weight is 286 g/mol. The van der Waals surface area contributed by atoms with Crippen LogP contribution in [-0.4, -0.2) is 39.2 Å². The molecule has 0 aliphatic carbocycles. The van der Waals surface area contributed by atoms with Crippen LogP contribution in [0.15, 0.2) is 24.3 Å². The molecule has 1 fully saturated rings. The quantitative estimate of drug-likeness (QED) is 0.886. The Hall–Kier alpha value is -2.28. The predicted molar refractivity (Wildman–Crippen MR) is 78.7 cm³/mol. The lowest BCUT2D eigenvalue weighted by Gasteiger charge is -2.23. The van der Waals surface area contributed by atoms with Crippen molar-refractivity contribution in [1.29, 1.82) is 0 Å². The number of tetrazole rings is 1. The number of piperidine rings is 1. The van der Waals surface area contributed by atoms with E-state index < -0.39 is 0 Å². The maximum Gasteiger partial charge on any atom is 0.221 e. The molecule has 110 valence electrons. The van der Waals surface area contributed by atoms with Crippen LogP contribution in [0.4, 0.5) is 5.69 Å². The van der Waals surface area contributed by atoms with E-state index in [0.717, 1.165) is 43.0 Å². The third-order valence-corrected chi connectivity index (χ3v) is 3.61. The lowest BCUT2D eigenvalue weighted by Crippen LogP contribution is -2.30. The van der Waals surface area contributed by atoms with Gasteiger partial charge in [-0.05, 0) is 60.6 Å². The molecule has 2 aromatic rings. The number of nitrogens with one attached hydrogen (secondary N) is 2. The number of nitrogens with zero attached hydrogens (tertiary/aromatic N) is 4. The summed E-state index contributed by atoms with van der Waals surface area (Å²) in [7, 11) is 0. The van der Waals surface area contributed by atoms with E-state index in [-0.39, 0.29) is 5.91 Å². The first-order chi connectivity index (χ1) is 10.2. The molecule has 1 aliphatic rings. The molecule has 1 amide bonds. The molecule has 0 spiro atoms. The monoisotopic (exact) mass is 286 g/mol. The van der Waals surface area contributed by atoms with E-state index >= 15 is 0 Å². The van der Waals surface area contributed by atoms with Crippen LogP contribution in [0.25, 0.3) is 11.4 Å². The first-order valence-electron chi connectivity index (χ1n) is 7.10. The molecule has 0 saturated carbocycles. The van der Waals surface area contributed by atoms with Gasteiger partial charge in [0.05, 0.1) is 6.04 Å². The Balaban J connectivity index is 1.83. The van der Waals surface area contributed by atoms with Crippen molar-refractivity contribution in [2.45, 2.75) is 25.8 Å². The second kappa shape index (κ2) is 6.01. The van der Waals surface area contributed by atoms with Crippen molar-refractivity contribution >= 4 is 11.6 Å². The molecule has 0 unspecified atom stereocenters. The van der Waals surface area contributed by atoms with Crippen LogP contribution in [0.2, 0.25) is 0 Å². The number of carbonyl (C=O) groups is 1. The van der Waals surface area contributed by atoms with E-state index in [1.165, 1.54) is 6.92 Å². The first kappa shape index (κ1) is 13.7. The first-order valence-corrected chi connectivity index (χ1v) is 7.10. The highest BCUT2D eigenvalue weighted by Gasteiger charge is 2.20. The summed E-state index contributed by atoms with van der Waals surface area (Å²) in [6, 6.07) is 7.91. The van der Waals surface area contributed by atoms with Crippen LogP contribution in [-0.2, 0) is 4.79 Å². The Morgan fingerprint density at radius 1 is 1.29 bits per heavy atom. The fourth-order valence-electron chi connectivity index (χ4n) is 2.59. The number of rotatable bonds is 3. The third-order valence-electron chi connectivity index (χ3n) is 3.61. The van der Waals surface area contributed by atoms with Crippen LogP contribution in [0.5, 0.6) is 0 Å². The summed E-state index contributed by atoms with van der Waals surface area (Å²) in [4.78, 5) is 11.0. The SMILES string of the molecule is CC(=O)Nc1ccc(-c2nnnn2C2CCNCC2)cc1. The van der Waals surface area contributed by atoms with Gasteiger partial charge in [0, 0.05) is 18.2 Å². The maximum absolute atomic E-state index is 11.0. The van der Waals surface area contributed by atoms with Crippen molar-refractivity contribution in [1.82, 2.24) is 25.5 Å². The van der Waals surface area contributed by atoms with Crippen molar-refractivity contribution in [2.24, 2.45) is 0 Å². The molecule has 1 saturated heterocycles. The van der Waals surface area contributed by atoms with Gasteiger partial charge in [0.1, 0.15) is 0 Å². The summed E-state index contributed by atoms with van der Waals surface area (Å²) in [5.74, 6) is 0.693. The second-order valence-corrected chi connectivity index (χ2v) is 5.19. The Morgan fingerprint density at radius 2 is 2.00 bits per heavy atom. The van der Waals surface area contributed by atoms with Crippen LogP contribution < -0.4 is 10.6 Å².